The summed E-state index contributed by atoms with van der Waals surface area (Å²) in [6, 6.07) is 3.15. The van der Waals surface area contributed by atoms with Crippen molar-refractivity contribution in [1.82, 2.24) is 19.7 Å². The van der Waals surface area contributed by atoms with E-state index in [-0.39, 0.29) is 11.3 Å². The minimum Gasteiger partial charge on any atom is -0.480 e. The van der Waals surface area contributed by atoms with Gasteiger partial charge in [-0.1, -0.05) is 0 Å². The first-order valence-corrected chi connectivity index (χ1v) is 7.26. The molecule has 0 radical (unpaired) electrons. The Kier molecular flexibility index (Phi) is 4.05. The summed E-state index contributed by atoms with van der Waals surface area (Å²) in [4.78, 5) is 28.9. The number of carbonyl (C=O) groups excluding carboxylic acids is 1. The quantitative estimate of drug-likeness (QED) is 0.926. The van der Waals surface area contributed by atoms with Crippen LogP contribution in [0.25, 0.3) is 5.69 Å². The van der Waals surface area contributed by atoms with E-state index in [1.54, 1.807) is 0 Å². The number of carboxylic acid groups (broad SMARTS) is 1. The molecule has 1 saturated heterocycles. The Morgan fingerprint density at radius 1 is 1.30 bits per heavy atom. The van der Waals surface area contributed by atoms with E-state index < -0.39 is 23.7 Å². The van der Waals surface area contributed by atoms with Crippen molar-refractivity contribution in [3.63, 3.8) is 0 Å². The zero-order valence-electron chi connectivity index (χ0n) is 12.2. The predicted octanol–water partition coefficient (Wildman–Crippen LogP) is 1.49. The van der Waals surface area contributed by atoms with Gasteiger partial charge in [-0.2, -0.15) is 5.10 Å². The molecule has 120 valence electrons. The van der Waals surface area contributed by atoms with Gasteiger partial charge in [-0.05, 0) is 37.5 Å². The van der Waals surface area contributed by atoms with Crippen LogP contribution in [0.3, 0.4) is 0 Å². The summed E-state index contributed by atoms with van der Waals surface area (Å²) in [6.07, 6.45) is 4.56. The van der Waals surface area contributed by atoms with Crippen LogP contribution in [0.1, 0.15) is 29.6 Å². The molecule has 1 aliphatic rings. The molecule has 1 fully saturated rings. The predicted molar refractivity (Wildman–Crippen MR) is 77.6 cm³/mol. The first-order chi connectivity index (χ1) is 11.1. The van der Waals surface area contributed by atoms with Crippen LogP contribution in [0.2, 0.25) is 0 Å². The monoisotopic (exact) mass is 318 g/mol. The van der Waals surface area contributed by atoms with E-state index in [0.717, 1.165) is 18.9 Å². The molecular formula is C15H15FN4O3. The number of amides is 1. The second-order valence-electron chi connectivity index (χ2n) is 5.35. The number of aromatic nitrogens is 3. The number of hydrogen-bond acceptors (Lipinski definition) is 4. The third kappa shape index (κ3) is 2.92. The Morgan fingerprint density at radius 2 is 2.13 bits per heavy atom. The van der Waals surface area contributed by atoms with Gasteiger partial charge >= 0.3 is 5.97 Å². The molecule has 2 aromatic rings. The lowest BCUT2D eigenvalue weighted by molar-refractivity contribution is -0.143. The number of aliphatic carboxylic acids is 1. The van der Waals surface area contributed by atoms with E-state index in [4.69, 9.17) is 0 Å². The van der Waals surface area contributed by atoms with Crippen molar-refractivity contribution >= 4 is 11.9 Å². The van der Waals surface area contributed by atoms with Crippen LogP contribution in [0.15, 0.2) is 30.9 Å². The minimum atomic E-state index is -1.03. The number of halogens is 1. The number of carbonyl (C=O) groups is 2. The number of carboxylic acids is 1. The fourth-order valence-electron chi connectivity index (χ4n) is 2.76. The molecule has 1 aromatic carbocycles. The van der Waals surface area contributed by atoms with Crippen molar-refractivity contribution in [2.75, 3.05) is 6.54 Å². The molecule has 1 aromatic heterocycles. The van der Waals surface area contributed by atoms with Crippen LogP contribution >= 0.6 is 0 Å². The average Bonchev–Trinajstić information content (AvgIpc) is 3.08. The molecule has 23 heavy (non-hydrogen) atoms. The Hall–Kier alpha value is -2.77. The standard InChI is InChI=1S/C15H15FN4O3/c16-11-7-10(4-5-12(11)20-9-17-8-18-20)14(21)19-6-2-1-3-13(19)15(22)23/h4-5,7-9,13H,1-3,6H2,(H,22,23). The number of hydrogen-bond donors (Lipinski definition) is 1. The summed E-state index contributed by atoms with van der Waals surface area (Å²) in [5.74, 6) is -2.12. The molecule has 3 rings (SSSR count). The SMILES string of the molecule is O=C(O)C1CCCCN1C(=O)c1ccc(-n2cncn2)c(F)c1. The Balaban J connectivity index is 1.87. The van der Waals surface area contributed by atoms with Gasteiger partial charge in [0.15, 0.2) is 0 Å². The highest BCUT2D eigenvalue weighted by Crippen LogP contribution is 2.21. The third-order valence-corrected chi connectivity index (χ3v) is 3.91. The molecule has 1 aliphatic heterocycles. The second kappa shape index (κ2) is 6.15. The number of piperidine rings is 1. The summed E-state index contributed by atoms with van der Waals surface area (Å²) >= 11 is 0. The van der Waals surface area contributed by atoms with Crippen LogP contribution in [-0.2, 0) is 4.79 Å². The van der Waals surface area contributed by atoms with Gasteiger partial charge in [0.25, 0.3) is 5.91 Å². The Morgan fingerprint density at radius 3 is 2.78 bits per heavy atom. The van der Waals surface area contributed by atoms with Gasteiger partial charge in [0.1, 0.15) is 30.2 Å². The van der Waals surface area contributed by atoms with Crippen molar-refractivity contribution in [1.29, 1.82) is 0 Å². The highest BCUT2D eigenvalue weighted by atomic mass is 19.1. The fourth-order valence-corrected chi connectivity index (χ4v) is 2.76. The fraction of sp³-hybridized carbons (Fsp3) is 0.333. The van der Waals surface area contributed by atoms with Gasteiger partial charge in [-0.15, -0.1) is 0 Å². The van der Waals surface area contributed by atoms with E-state index in [2.05, 4.69) is 10.1 Å². The molecule has 0 aliphatic carbocycles. The van der Waals surface area contributed by atoms with Crippen LogP contribution in [0.4, 0.5) is 4.39 Å². The molecule has 1 unspecified atom stereocenters. The highest BCUT2D eigenvalue weighted by Gasteiger charge is 2.32. The maximum absolute atomic E-state index is 14.2. The highest BCUT2D eigenvalue weighted by molar-refractivity contribution is 5.97. The first-order valence-electron chi connectivity index (χ1n) is 7.26. The summed E-state index contributed by atoms with van der Waals surface area (Å²) < 4.78 is 15.5. The van der Waals surface area contributed by atoms with E-state index in [0.29, 0.717) is 13.0 Å². The molecule has 7 nitrogen and oxygen atoms in total. The Labute approximate surface area is 131 Å². The lowest BCUT2D eigenvalue weighted by atomic mass is 10.0. The van der Waals surface area contributed by atoms with Crippen molar-refractivity contribution in [3.8, 4) is 5.69 Å². The van der Waals surface area contributed by atoms with Gasteiger partial charge in [-0.3, -0.25) is 4.79 Å². The number of benzene rings is 1. The molecular weight excluding hydrogens is 303 g/mol. The largest absolute Gasteiger partial charge is 0.480 e. The van der Waals surface area contributed by atoms with Crippen molar-refractivity contribution < 1.29 is 19.1 Å². The van der Waals surface area contributed by atoms with E-state index >= 15 is 0 Å². The van der Waals surface area contributed by atoms with Crippen molar-refractivity contribution in [2.24, 2.45) is 0 Å². The van der Waals surface area contributed by atoms with Gasteiger partial charge in [-0.25, -0.2) is 18.9 Å². The normalized spacial score (nSPS) is 18.0. The zero-order chi connectivity index (χ0) is 16.4. The topological polar surface area (TPSA) is 88.3 Å². The van der Waals surface area contributed by atoms with Gasteiger partial charge < -0.3 is 10.0 Å². The molecule has 0 bridgehead atoms. The van der Waals surface area contributed by atoms with Crippen LogP contribution in [0.5, 0.6) is 0 Å². The summed E-state index contributed by atoms with van der Waals surface area (Å²) in [5, 5.41) is 13.1. The van der Waals surface area contributed by atoms with E-state index in [9.17, 15) is 19.1 Å². The van der Waals surface area contributed by atoms with Gasteiger partial charge in [0.05, 0.1) is 0 Å². The maximum atomic E-state index is 14.2. The van der Waals surface area contributed by atoms with Gasteiger partial charge in [0, 0.05) is 12.1 Å². The molecule has 0 spiro atoms. The van der Waals surface area contributed by atoms with Crippen LogP contribution in [0, 0.1) is 5.82 Å². The number of likely N-dealkylation sites (tertiary alicyclic amines) is 1. The molecule has 8 heteroatoms. The molecule has 1 amide bonds. The second-order valence-corrected chi connectivity index (χ2v) is 5.35. The Bertz CT molecular complexity index is 732. The number of nitrogens with zero attached hydrogens (tertiary/aromatic N) is 4. The number of rotatable bonds is 3. The van der Waals surface area contributed by atoms with E-state index in [1.807, 2.05) is 0 Å². The van der Waals surface area contributed by atoms with Crippen LogP contribution in [-0.4, -0.2) is 49.2 Å². The molecule has 1 atom stereocenters. The minimum absolute atomic E-state index is 0.125. The summed E-state index contributed by atoms with van der Waals surface area (Å²) in [5.41, 5.74) is 0.298. The molecule has 0 saturated carbocycles. The summed E-state index contributed by atoms with van der Waals surface area (Å²) in [6.45, 7) is 0.363. The van der Waals surface area contributed by atoms with Gasteiger partial charge in [0.2, 0.25) is 0 Å². The molecule has 1 N–H and O–H groups in total. The first kappa shape index (κ1) is 15.1. The smallest absolute Gasteiger partial charge is 0.326 e. The lowest BCUT2D eigenvalue weighted by Crippen LogP contribution is -2.48. The zero-order valence-corrected chi connectivity index (χ0v) is 12.2. The van der Waals surface area contributed by atoms with E-state index in [1.165, 1.54) is 34.4 Å². The van der Waals surface area contributed by atoms with Crippen molar-refractivity contribution in [3.05, 3.63) is 42.2 Å². The molecule has 2 heterocycles. The van der Waals surface area contributed by atoms with Crippen molar-refractivity contribution in [2.45, 2.75) is 25.3 Å². The maximum Gasteiger partial charge on any atom is 0.326 e. The third-order valence-electron chi connectivity index (χ3n) is 3.91. The van der Waals surface area contributed by atoms with Crippen LogP contribution < -0.4 is 0 Å². The summed E-state index contributed by atoms with van der Waals surface area (Å²) in [7, 11) is 0. The average molecular weight is 318 g/mol. The lowest BCUT2D eigenvalue weighted by Gasteiger charge is -2.33.